The summed E-state index contributed by atoms with van der Waals surface area (Å²) in [5, 5.41) is 0. The van der Waals surface area contributed by atoms with Crippen LogP contribution in [0, 0.1) is 0 Å². The average Bonchev–Trinajstić information content (AvgIpc) is 2.91. The Kier molecular flexibility index (Phi) is 5.74. The molecule has 2 rings (SSSR count). The molecule has 2 atom stereocenters. The first-order chi connectivity index (χ1) is 9.60. The Labute approximate surface area is 129 Å². The minimum atomic E-state index is -1.18. The second-order valence-electron chi connectivity index (χ2n) is 4.66. The van der Waals surface area contributed by atoms with Crippen LogP contribution >= 0.6 is 15.9 Å². The smallest absolute Gasteiger partial charge is 0.175 e. The van der Waals surface area contributed by atoms with Crippen LogP contribution in [-0.2, 0) is 15.5 Å². The molecule has 1 aromatic carbocycles. The minimum absolute atomic E-state index is 0.0403. The van der Waals surface area contributed by atoms with E-state index in [0.717, 1.165) is 23.9 Å². The van der Waals surface area contributed by atoms with Crippen LogP contribution in [0.5, 0.6) is 5.75 Å². The Morgan fingerprint density at radius 1 is 1.55 bits per heavy atom. The fraction of sp³-hybridized carbons (Fsp3) is 0.500. The number of rotatable bonds is 6. The van der Waals surface area contributed by atoms with Gasteiger partial charge in [0.15, 0.2) is 5.78 Å². The monoisotopic (exact) mass is 360 g/mol. The van der Waals surface area contributed by atoms with Gasteiger partial charge in [-0.1, -0.05) is 0 Å². The van der Waals surface area contributed by atoms with Gasteiger partial charge in [-0.15, -0.1) is 0 Å². The highest BCUT2D eigenvalue weighted by Crippen LogP contribution is 2.25. The van der Waals surface area contributed by atoms with Crippen molar-refractivity contribution in [3.63, 3.8) is 0 Å². The Morgan fingerprint density at radius 3 is 2.95 bits per heavy atom. The van der Waals surface area contributed by atoms with Gasteiger partial charge in [-0.05, 0) is 47.0 Å². The van der Waals surface area contributed by atoms with E-state index < -0.39 is 10.8 Å². The molecule has 0 aliphatic carbocycles. The lowest BCUT2D eigenvalue weighted by molar-refractivity contribution is 0.102. The topological polar surface area (TPSA) is 52.6 Å². The van der Waals surface area contributed by atoms with E-state index in [1.807, 2.05) is 0 Å². The predicted molar refractivity (Wildman–Crippen MR) is 81.9 cm³/mol. The molecule has 4 nitrogen and oxygen atoms in total. The number of Topliss-reactive ketones (excluding diaryl/α,β-unsaturated/α-hetero) is 1. The van der Waals surface area contributed by atoms with Crippen molar-refractivity contribution in [3.8, 4) is 5.75 Å². The van der Waals surface area contributed by atoms with Gasteiger partial charge in [0.2, 0.25) is 0 Å². The summed E-state index contributed by atoms with van der Waals surface area (Å²) in [5.41, 5.74) is 0.540. The molecule has 1 saturated heterocycles. The van der Waals surface area contributed by atoms with Gasteiger partial charge < -0.3 is 9.47 Å². The van der Waals surface area contributed by atoms with Crippen LogP contribution in [0.3, 0.4) is 0 Å². The van der Waals surface area contributed by atoms with Gasteiger partial charge in [-0.2, -0.15) is 0 Å². The maximum Gasteiger partial charge on any atom is 0.175 e. The summed E-state index contributed by atoms with van der Waals surface area (Å²) >= 11 is 3.34. The lowest BCUT2D eigenvalue weighted by atomic mass is 10.1. The van der Waals surface area contributed by atoms with Crippen LogP contribution < -0.4 is 4.74 Å². The maximum atomic E-state index is 12.1. The van der Waals surface area contributed by atoms with E-state index >= 15 is 0 Å². The first kappa shape index (κ1) is 15.7. The van der Waals surface area contributed by atoms with Crippen molar-refractivity contribution in [1.29, 1.82) is 0 Å². The Hall–Kier alpha value is -0.720. The molecular formula is C14H17BrO4S. The summed E-state index contributed by atoms with van der Waals surface area (Å²) in [6.45, 7) is 0.737. The van der Waals surface area contributed by atoms with Gasteiger partial charge in [-0.3, -0.25) is 9.00 Å². The molecule has 0 aromatic heterocycles. The molecule has 1 aliphatic rings. The zero-order chi connectivity index (χ0) is 14.5. The predicted octanol–water partition coefficient (Wildman–Crippen LogP) is 2.57. The summed E-state index contributed by atoms with van der Waals surface area (Å²) < 4.78 is 23.2. The number of ketones is 1. The van der Waals surface area contributed by atoms with Crippen LogP contribution in [0.15, 0.2) is 22.7 Å². The number of halogens is 1. The first-order valence-electron chi connectivity index (χ1n) is 6.43. The number of methoxy groups -OCH3 is 1. The number of carbonyl (C=O) groups excluding carboxylic acids is 1. The molecule has 0 amide bonds. The van der Waals surface area contributed by atoms with E-state index in [4.69, 9.17) is 9.47 Å². The summed E-state index contributed by atoms with van der Waals surface area (Å²) in [4.78, 5) is 12.1. The van der Waals surface area contributed by atoms with Crippen molar-refractivity contribution in [2.75, 3.05) is 25.2 Å². The number of hydrogen-bond donors (Lipinski definition) is 0. The van der Waals surface area contributed by atoms with E-state index in [2.05, 4.69) is 15.9 Å². The average molecular weight is 361 g/mol. The Bertz CT molecular complexity index is 512. The van der Waals surface area contributed by atoms with Gasteiger partial charge in [0.1, 0.15) is 5.75 Å². The van der Waals surface area contributed by atoms with E-state index in [1.54, 1.807) is 25.3 Å². The van der Waals surface area contributed by atoms with Crippen LogP contribution in [-0.4, -0.2) is 41.3 Å². The molecule has 1 heterocycles. The first-order valence-corrected chi connectivity index (χ1v) is 8.71. The van der Waals surface area contributed by atoms with Gasteiger partial charge in [0.05, 0.1) is 29.2 Å². The summed E-state index contributed by atoms with van der Waals surface area (Å²) in [6.07, 6.45) is 2.00. The number of carbonyl (C=O) groups is 1. The maximum absolute atomic E-state index is 12.1. The lowest BCUT2D eigenvalue weighted by Crippen LogP contribution is -2.21. The second-order valence-corrected chi connectivity index (χ2v) is 7.01. The highest BCUT2D eigenvalue weighted by Gasteiger charge is 2.20. The van der Waals surface area contributed by atoms with Gasteiger partial charge in [0, 0.05) is 23.0 Å². The quantitative estimate of drug-likeness (QED) is 0.731. The van der Waals surface area contributed by atoms with Crippen molar-refractivity contribution in [2.24, 2.45) is 0 Å². The standard InChI is InChI=1S/C14H17BrO4S/c1-18-14-5-4-10(7-12(14)15)13(16)9-20(17)8-11-3-2-6-19-11/h4-5,7,11H,2-3,6,8-9H2,1H3. The van der Waals surface area contributed by atoms with Crippen molar-refractivity contribution in [3.05, 3.63) is 28.2 Å². The van der Waals surface area contributed by atoms with E-state index in [9.17, 15) is 9.00 Å². The van der Waals surface area contributed by atoms with Crippen molar-refractivity contribution in [2.45, 2.75) is 18.9 Å². The van der Waals surface area contributed by atoms with Crippen LogP contribution in [0.1, 0.15) is 23.2 Å². The molecule has 110 valence electrons. The van der Waals surface area contributed by atoms with Gasteiger partial charge in [0.25, 0.3) is 0 Å². The highest BCUT2D eigenvalue weighted by molar-refractivity contribution is 9.10. The van der Waals surface area contributed by atoms with Gasteiger partial charge in [-0.25, -0.2) is 0 Å². The molecule has 1 fully saturated rings. The molecule has 0 spiro atoms. The molecule has 2 unspecified atom stereocenters. The van der Waals surface area contributed by atoms with Crippen LogP contribution in [0.2, 0.25) is 0 Å². The number of ether oxygens (including phenoxy) is 2. The summed E-state index contributed by atoms with van der Waals surface area (Å²) in [6, 6.07) is 5.11. The highest BCUT2D eigenvalue weighted by atomic mass is 79.9. The van der Waals surface area contributed by atoms with Crippen molar-refractivity contribution < 1.29 is 18.5 Å². The largest absolute Gasteiger partial charge is 0.496 e. The molecule has 1 aliphatic heterocycles. The number of hydrogen-bond acceptors (Lipinski definition) is 4. The zero-order valence-electron chi connectivity index (χ0n) is 11.3. The number of benzene rings is 1. The third kappa shape index (κ3) is 4.14. The molecule has 1 aromatic rings. The normalized spacial score (nSPS) is 19.8. The fourth-order valence-electron chi connectivity index (χ4n) is 2.11. The molecule has 6 heteroatoms. The lowest BCUT2D eigenvalue weighted by Gasteiger charge is -2.09. The van der Waals surface area contributed by atoms with E-state index in [0.29, 0.717) is 17.1 Å². The third-order valence-electron chi connectivity index (χ3n) is 3.16. The molecule has 20 heavy (non-hydrogen) atoms. The van der Waals surface area contributed by atoms with Crippen molar-refractivity contribution in [1.82, 2.24) is 0 Å². The van der Waals surface area contributed by atoms with Gasteiger partial charge >= 0.3 is 0 Å². The molecule has 0 saturated carbocycles. The zero-order valence-corrected chi connectivity index (χ0v) is 13.7. The fourth-order valence-corrected chi connectivity index (χ4v) is 3.91. The van der Waals surface area contributed by atoms with Crippen LogP contribution in [0.4, 0.5) is 0 Å². The molecule has 0 N–H and O–H groups in total. The Morgan fingerprint density at radius 2 is 2.35 bits per heavy atom. The van der Waals surface area contributed by atoms with Crippen LogP contribution in [0.25, 0.3) is 0 Å². The minimum Gasteiger partial charge on any atom is -0.496 e. The molecule has 0 radical (unpaired) electrons. The van der Waals surface area contributed by atoms with E-state index in [1.165, 1.54) is 0 Å². The molecule has 0 bridgehead atoms. The summed E-state index contributed by atoms with van der Waals surface area (Å²) in [7, 11) is 0.392. The third-order valence-corrected chi connectivity index (χ3v) is 5.11. The summed E-state index contributed by atoms with van der Waals surface area (Å²) in [5.74, 6) is 1.04. The Balaban J connectivity index is 1.93. The SMILES string of the molecule is COc1ccc(C(=O)CS(=O)CC2CCCO2)cc1Br. The molecular weight excluding hydrogens is 344 g/mol. The van der Waals surface area contributed by atoms with E-state index in [-0.39, 0.29) is 17.6 Å². The second kappa shape index (κ2) is 7.33. The van der Waals surface area contributed by atoms with Crippen molar-refractivity contribution >= 4 is 32.5 Å².